The van der Waals surface area contributed by atoms with Gasteiger partial charge in [0.1, 0.15) is 0 Å². The topological polar surface area (TPSA) is 64.3 Å². The molecule has 0 heterocycles. The number of nitrogens with two attached hydrogens (primary N) is 1. The maximum Gasteiger partial charge on any atom is 0.227 e. The highest BCUT2D eigenvalue weighted by atomic mass is 16.5. The van der Waals surface area contributed by atoms with Gasteiger partial charge in [-0.05, 0) is 49.9 Å². The van der Waals surface area contributed by atoms with Crippen LogP contribution in [-0.2, 0) is 9.53 Å². The molecule has 1 aliphatic rings. The summed E-state index contributed by atoms with van der Waals surface area (Å²) in [5, 5.41) is 2.96. The minimum atomic E-state index is -0.246. The predicted molar refractivity (Wildman–Crippen MR) is 83.9 cm³/mol. The molecule has 0 unspecified atom stereocenters. The van der Waals surface area contributed by atoms with Crippen molar-refractivity contribution in [3.63, 3.8) is 0 Å². The van der Waals surface area contributed by atoms with E-state index in [0.29, 0.717) is 13.0 Å². The molecule has 1 fully saturated rings. The Bertz CT molecular complexity index is 575. The van der Waals surface area contributed by atoms with Crippen molar-refractivity contribution in [2.24, 2.45) is 5.73 Å². The lowest BCUT2D eigenvalue weighted by Crippen LogP contribution is -2.42. The lowest BCUT2D eigenvalue weighted by molar-refractivity contribution is -0.129. The molecule has 0 spiro atoms. The van der Waals surface area contributed by atoms with E-state index in [1.165, 1.54) is 0 Å². The molecule has 21 heavy (non-hydrogen) atoms. The molecule has 0 bridgehead atoms. The minimum Gasteiger partial charge on any atom is -0.378 e. The highest BCUT2D eigenvalue weighted by Gasteiger charge is 2.38. The third-order valence-corrected chi connectivity index (χ3v) is 4.02. The number of amides is 1. The largest absolute Gasteiger partial charge is 0.378 e. The standard InChI is InChI=1S/C17H22N2O2/c1-13-11-14(5-3-10-18)6-7-15(13)19-16(20)12-17(21-2)8-4-9-17/h6-7,11H,4,8-10,12,18H2,1-2H3,(H,19,20). The number of carbonyl (C=O) groups is 1. The van der Waals surface area contributed by atoms with E-state index in [-0.39, 0.29) is 11.5 Å². The number of rotatable bonds is 4. The second kappa shape index (κ2) is 6.75. The molecule has 0 radical (unpaired) electrons. The highest BCUT2D eigenvalue weighted by Crippen LogP contribution is 2.38. The SMILES string of the molecule is COC1(CC(=O)Nc2ccc(C#CCN)cc2C)CCC1. The third-order valence-electron chi connectivity index (χ3n) is 4.02. The molecule has 4 heteroatoms. The molecule has 2 rings (SSSR count). The van der Waals surface area contributed by atoms with E-state index in [2.05, 4.69) is 17.2 Å². The van der Waals surface area contributed by atoms with Crippen LogP contribution in [0.3, 0.4) is 0 Å². The van der Waals surface area contributed by atoms with Gasteiger partial charge in [0.25, 0.3) is 0 Å². The fourth-order valence-corrected chi connectivity index (χ4v) is 2.55. The van der Waals surface area contributed by atoms with Gasteiger partial charge in [-0.25, -0.2) is 0 Å². The Labute approximate surface area is 126 Å². The van der Waals surface area contributed by atoms with E-state index in [1.54, 1.807) is 7.11 Å². The van der Waals surface area contributed by atoms with Crippen molar-refractivity contribution in [2.75, 3.05) is 19.0 Å². The zero-order chi connectivity index (χ0) is 15.3. The van der Waals surface area contributed by atoms with Gasteiger partial charge in [-0.2, -0.15) is 0 Å². The lowest BCUT2D eigenvalue weighted by atomic mass is 9.77. The second-order valence-electron chi connectivity index (χ2n) is 5.50. The molecule has 0 aliphatic heterocycles. The van der Waals surface area contributed by atoms with Gasteiger partial charge in [0.15, 0.2) is 0 Å². The van der Waals surface area contributed by atoms with Gasteiger partial charge in [0.2, 0.25) is 5.91 Å². The number of carbonyl (C=O) groups excluding carboxylic acids is 1. The Kier molecular flexibility index (Phi) is 5.00. The molecule has 1 aromatic rings. The van der Waals surface area contributed by atoms with Gasteiger partial charge < -0.3 is 15.8 Å². The Morgan fingerprint density at radius 2 is 2.24 bits per heavy atom. The number of hydrogen-bond acceptors (Lipinski definition) is 3. The number of hydrogen-bond donors (Lipinski definition) is 2. The number of nitrogens with one attached hydrogen (secondary N) is 1. The normalized spacial score (nSPS) is 15.6. The van der Waals surface area contributed by atoms with Gasteiger partial charge in [0, 0.05) is 18.4 Å². The summed E-state index contributed by atoms with van der Waals surface area (Å²) in [6.07, 6.45) is 3.47. The third kappa shape index (κ3) is 3.84. The van der Waals surface area contributed by atoms with Crippen LogP contribution in [-0.4, -0.2) is 25.2 Å². The first-order valence-corrected chi connectivity index (χ1v) is 7.23. The van der Waals surface area contributed by atoms with Crippen molar-refractivity contribution in [1.82, 2.24) is 0 Å². The first-order chi connectivity index (χ1) is 10.1. The van der Waals surface area contributed by atoms with Crippen LogP contribution in [0.5, 0.6) is 0 Å². The Hall–Kier alpha value is -1.83. The van der Waals surface area contributed by atoms with Crippen molar-refractivity contribution in [2.45, 2.75) is 38.2 Å². The number of methoxy groups -OCH3 is 1. The lowest BCUT2D eigenvalue weighted by Gasteiger charge is -2.39. The van der Waals surface area contributed by atoms with Crippen LogP contribution in [0, 0.1) is 18.8 Å². The van der Waals surface area contributed by atoms with Crippen LogP contribution < -0.4 is 11.1 Å². The van der Waals surface area contributed by atoms with Crippen molar-refractivity contribution in [1.29, 1.82) is 0 Å². The van der Waals surface area contributed by atoms with Crippen molar-refractivity contribution < 1.29 is 9.53 Å². The molecule has 1 amide bonds. The molecular formula is C17H22N2O2. The summed E-state index contributed by atoms with van der Waals surface area (Å²) in [4.78, 5) is 12.2. The Morgan fingerprint density at radius 3 is 2.76 bits per heavy atom. The van der Waals surface area contributed by atoms with Gasteiger partial charge in [-0.3, -0.25) is 4.79 Å². The smallest absolute Gasteiger partial charge is 0.227 e. The van der Waals surface area contributed by atoms with Crippen LogP contribution in [0.15, 0.2) is 18.2 Å². The molecule has 1 saturated carbocycles. The van der Waals surface area contributed by atoms with Crippen molar-refractivity contribution in [3.05, 3.63) is 29.3 Å². The molecule has 3 N–H and O–H groups in total. The predicted octanol–water partition coefficient (Wildman–Crippen LogP) is 2.20. The summed E-state index contributed by atoms with van der Waals surface area (Å²) in [5.41, 5.74) is 7.83. The molecule has 1 aromatic carbocycles. The van der Waals surface area contributed by atoms with E-state index in [4.69, 9.17) is 10.5 Å². The fourth-order valence-electron chi connectivity index (χ4n) is 2.55. The average molecular weight is 286 g/mol. The zero-order valence-electron chi connectivity index (χ0n) is 12.7. The summed E-state index contributed by atoms with van der Waals surface area (Å²) in [6, 6.07) is 5.72. The maximum atomic E-state index is 12.2. The summed E-state index contributed by atoms with van der Waals surface area (Å²) in [6.45, 7) is 2.30. The molecule has 4 nitrogen and oxygen atoms in total. The van der Waals surface area contributed by atoms with E-state index in [9.17, 15) is 4.79 Å². The monoisotopic (exact) mass is 286 g/mol. The van der Waals surface area contributed by atoms with E-state index < -0.39 is 0 Å². The maximum absolute atomic E-state index is 12.2. The highest BCUT2D eigenvalue weighted by molar-refractivity contribution is 5.92. The van der Waals surface area contributed by atoms with Gasteiger partial charge in [-0.15, -0.1) is 0 Å². The van der Waals surface area contributed by atoms with Gasteiger partial charge >= 0.3 is 0 Å². The van der Waals surface area contributed by atoms with Crippen LogP contribution in [0.4, 0.5) is 5.69 Å². The number of ether oxygens (including phenoxy) is 1. The molecule has 0 atom stereocenters. The number of anilines is 1. The van der Waals surface area contributed by atoms with Crippen LogP contribution >= 0.6 is 0 Å². The molecule has 0 aromatic heterocycles. The average Bonchev–Trinajstić information content (AvgIpc) is 2.43. The van der Waals surface area contributed by atoms with Crippen molar-refractivity contribution in [3.8, 4) is 11.8 Å². The minimum absolute atomic E-state index is 0.000410. The van der Waals surface area contributed by atoms with E-state index in [1.807, 2.05) is 25.1 Å². The van der Waals surface area contributed by atoms with E-state index >= 15 is 0 Å². The first-order valence-electron chi connectivity index (χ1n) is 7.23. The number of benzene rings is 1. The molecule has 112 valence electrons. The molecule has 0 saturated heterocycles. The summed E-state index contributed by atoms with van der Waals surface area (Å²) < 4.78 is 5.48. The Balaban J connectivity index is 2.00. The second-order valence-corrected chi connectivity index (χ2v) is 5.50. The zero-order valence-corrected chi connectivity index (χ0v) is 12.7. The first kappa shape index (κ1) is 15.6. The number of aryl methyl sites for hydroxylation is 1. The summed E-state index contributed by atoms with van der Waals surface area (Å²) in [7, 11) is 1.68. The van der Waals surface area contributed by atoms with Crippen LogP contribution in [0.2, 0.25) is 0 Å². The van der Waals surface area contributed by atoms with E-state index in [0.717, 1.165) is 36.1 Å². The quantitative estimate of drug-likeness (QED) is 0.834. The molecular weight excluding hydrogens is 264 g/mol. The van der Waals surface area contributed by atoms with Crippen LogP contribution in [0.1, 0.15) is 36.8 Å². The van der Waals surface area contributed by atoms with Crippen LogP contribution in [0.25, 0.3) is 0 Å². The molecule has 1 aliphatic carbocycles. The van der Waals surface area contributed by atoms with Crippen molar-refractivity contribution >= 4 is 11.6 Å². The van der Waals surface area contributed by atoms with Gasteiger partial charge in [-0.1, -0.05) is 11.8 Å². The summed E-state index contributed by atoms with van der Waals surface area (Å²) >= 11 is 0. The summed E-state index contributed by atoms with van der Waals surface area (Å²) in [5.74, 6) is 5.80. The fraction of sp³-hybridized carbons (Fsp3) is 0.471. The Morgan fingerprint density at radius 1 is 1.48 bits per heavy atom. The van der Waals surface area contributed by atoms with Gasteiger partial charge in [0.05, 0.1) is 18.6 Å².